The smallest absolute Gasteiger partial charge is 0.0965 e. The van der Waals surface area contributed by atoms with Crippen molar-refractivity contribution < 1.29 is 4.74 Å². The number of fused-ring (bicyclic) bond motifs is 1. The highest BCUT2D eigenvalue weighted by atomic mass is 16.5. The Hall–Kier alpha value is -1.52. The van der Waals surface area contributed by atoms with Gasteiger partial charge in [0, 0.05) is 31.0 Å². The summed E-state index contributed by atoms with van der Waals surface area (Å²) in [4.78, 5) is 8.68. The van der Waals surface area contributed by atoms with Gasteiger partial charge in [-0.1, -0.05) is 0 Å². The van der Waals surface area contributed by atoms with Gasteiger partial charge in [-0.05, 0) is 18.2 Å². The third kappa shape index (κ3) is 1.77. The van der Waals surface area contributed by atoms with Crippen molar-refractivity contribution in [2.75, 3.05) is 19.7 Å². The Labute approximate surface area is 93.7 Å². The van der Waals surface area contributed by atoms with Crippen LogP contribution in [0.5, 0.6) is 0 Å². The van der Waals surface area contributed by atoms with E-state index in [9.17, 15) is 0 Å². The minimum absolute atomic E-state index is 0.104. The summed E-state index contributed by atoms with van der Waals surface area (Å²) in [5.41, 5.74) is 2.95. The molecule has 16 heavy (non-hydrogen) atoms. The fourth-order valence-corrected chi connectivity index (χ4v) is 1.92. The molecule has 0 bridgehead atoms. The Balaban J connectivity index is 1.97. The van der Waals surface area contributed by atoms with Gasteiger partial charge < -0.3 is 10.1 Å². The molecule has 0 radical (unpaired) electrons. The van der Waals surface area contributed by atoms with Crippen LogP contribution < -0.4 is 5.32 Å². The van der Waals surface area contributed by atoms with Crippen molar-refractivity contribution in [3.8, 4) is 0 Å². The Bertz CT molecular complexity index is 494. The van der Waals surface area contributed by atoms with Gasteiger partial charge in [0.15, 0.2) is 0 Å². The van der Waals surface area contributed by atoms with Gasteiger partial charge in [-0.15, -0.1) is 0 Å². The van der Waals surface area contributed by atoms with Crippen molar-refractivity contribution in [2.24, 2.45) is 0 Å². The van der Waals surface area contributed by atoms with Crippen LogP contribution in [0.25, 0.3) is 11.0 Å². The molecule has 0 amide bonds. The van der Waals surface area contributed by atoms with E-state index in [-0.39, 0.29) is 6.10 Å². The van der Waals surface area contributed by atoms with Crippen molar-refractivity contribution in [3.05, 3.63) is 36.2 Å². The highest BCUT2D eigenvalue weighted by Gasteiger charge is 2.16. The maximum absolute atomic E-state index is 5.68. The van der Waals surface area contributed by atoms with E-state index >= 15 is 0 Å². The number of rotatable bonds is 1. The summed E-state index contributed by atoms with van der Waals surface area (Å²) in [6.07, 6.45) is 3.77. The zero-order valence-electron chi connectivity index (χ0n) is 8.89. The lowest BCUT2D eigenvalue weighted by atomic mass is 10.1. The predicted octanol–water partition coefficient (Wildman–Crippen LogP) is 1.29. The molecule has 4 nitrogen and oxygen atoms in total. The van der Waals surface area contributed by atoms with E-state index in [1.165, 1.54) is 0 Å². The number of aromatic nitrogens is 2. The van der Waals surface area contributed by atoms with Gasteiger partial charge in [0.1, 0.15) is 0 Å². The van der Waals surface area contributed by atoms with Crippen LogP contribution in [-0.2, 0) is 4.74 Å². The summed E-state index contributed by atoms with van der Waals surface area (Å²) < 4.78 is 5.68. The number of nitrogens with zero attached hydrogens (tertiary/aromatic N) is 2. The van der Waals surface area contributed by atoms with E-state index in [1.807, 2.05) is 18.3 Å². The van der Waals surface area contributed by atoms with Crippen molar-refractivity contribution in [1.29, 1.82) is 0 Å². The molecule has 2 aromatic heterocycles. The van der Waals surface area contributed by atoms with Crippen LogP contribution in [0.2, 0.25) is 0 Å². The van der Waals surface area contributed by atoms with Crippen molar-refractivity contribution in [3.63, 3.8) is 0 Å². The molecule has 0 saturated carbocycles. The van der Waals surface area contributed by atoms with Gasteiger partial charge in [0.25, 0.3) is 0 Å². The summed E-state index contributed by atoms with van der Waals surface area (Å²) >= 11 is 0. The Morgan fingerprint density at radius 2 is 2.31 bits per heavy atom. The summed E-state index contributed by atoms with van der Waals surface area (Å²) in [5.74, 6) is 0. The van der Waals surface area contributed by atoms with Gasteiger partial charge in [-0.25, -0.2) is 0 Å². The van der Waals surface area contributed by atoms with Crippen LogP contribution >= 0.6 is 0 Å². The maximum atomic E-state index is 5.68. The van der Waals surface area contributed by atoms with Gasteiger partial charge in [0.2, 0.25) is 0 Å². The highest BCUT2D eigenvalue weighted by molar-refractivity contribution is 5.74. The summed E-state index contributed by atoms with van der Waals surface area (Å²) in [5, 5.41) is 3.31. The molecule has 82 valence electrons. The topological polar surface area (TPSA) is 47.0 Å². The lowest BCUT2D eigenvalue weighted by Crippen LogP contribution is -2.33. The molecule has 0 spiro atoms. The summed E-state index contributed by atoms with van der Waals surface area (Å²) in [6.45, 7) is 2.53. The molecule has 2 aromatic rings. The van der Waals surface area contributed by atoms with Crippen LogP contribution in [0.3, 0.4) is 0 Å². The molecule has 1 aliphatic heterocycles. The van der Waals surface area contributed by atoms with E-state index < -0.39 is 0 Å². The largest absolute Gasteiger partial charge is 0.371 e. The fourth-order valence-electron chi connectivity index (χ4n) is 1.92. The zero-order chi connectivity index (χ0) is 10.8. The first-order valence-corrected chi connectivity index (χ1v) is 5.46. The zero-order valence-corrected chi connectivity index (χ0v) is 8.89. The van der Waals surface area contributed by atoms with E-state index in [1.54, 1.807) is 6.20 Å². The molecule has 1 aliphatic rings. The summed E-state index contributed by atoms with van der Waals surface area (Å²) in [7, 11) is 0. The third-order valence-electron chi connectivity index (χ3n) is 2.77. The number of pyridine rings is 2. The monoisotopic (exact) mass is 215 g/mol. The number of morpholine rings is 1. The van der Waals surface area contributed by atoms with Crippen molar-refractivity contribution in [1.82, 2.24) is 15.3 Å². The highest BCUT2D eigenvalue weighted by Crippen LogP contribution is 2.20. The molecule has 0 aromatic carbocycles. The molecule has 0 aliphatic carbocycles. The second kappa shape index (κ2) is 4.15. The Morgan fingerprint density at radius 3 is 3.19 bits per heavy atom. The van der Waals surface area contributed by atoms with Crippen LogP contribution in [-0.4, -0.2) is 29.7 Å². The SMILES string of the molecule is c1cnc2cc(C3CNCCO3)cnc2c1. The molecule has 4 heteroatoms. The number of ether oxygens (including phenoxy) is 1. The molecule has 1 fully saturated rings. The Kier molecular flexibility index (Phi) is 2.52. The van der Waals surface area contributed by atoms with E-state index in [0.717, 1.165) is 36.3 Å². The normalized spacial score (nSPS) is 21.1. The number of hydrogen-bond acceptors (Lipinski definition) is 4. The molecule has 1 unspecified atom stereocenters. The van der Waals surface area contributed by atoms with Crippen molar-refractivity contribution >= 4 is 11.0 Å². The van der Waals surface area contributed by atoms with Crippen LogP contribution in [0.15, 0.2) is 30.6 Å². The predicted molar refractivity (Wildman–Crippen MR) is 61.1 cm³/mol. The number of nitrogens with one attached hydrogen (secondary N) is 1. The summed E-state index contributed by atoms with van der Waals surface area (Å²) in [6, 6.07) is 5.92. The third-order valence-corrected chi connectivity index (χ3v) is 2.77. The maximum Gasteiger partial charge on any atom is 0.0965 e. The van der Waals surface area contributed by atoms with Gasteiger partial charge in [-0.3, -0.25) is 9.97 Å². The average Bonchev–Trinajstić information content (AvgIpc) is 2.39. The number of hydrogen-bond donors (Lipinski definition) is 1. The minimum Gasteiger partial charge on any atom is -0.371 e. The van der Waals surface area contributed by atoms with E-state index in [2.05, 4.69) is 21.4 Å². The molecule has 3 heterocycles. The second-order valence-electron chi connectivity index (χ2n) is 3.87. The quantitative estimate of drug-likeness (QED) is 0.778. The lowest BCUT2D eigenvalue weighted by molar-refractivity contribution is 0.0276. The second-order valence-corrected chi connectivity index (χ2v) is 3.87. The molecule has 3 rings (SSSR count). The fraction of sp³-hybridized carbons (Fsp3) is 0.333. The van der Waals surface area contributed by atoms with Gasteiger partial charge in [-0.2, -0.15) is 0 Å². The molecular weight excluding hydrogens is 202 g/mol. The van der Waals surface area contributed by atoms with Crippen molar-refractivity contribution in [2.45, 2.75) is 6.10 Å². The standard InChI is InChI=1S/C12H13N3O/c1-2-10-11(14-3-1)6-9(7-15-10)12-8-13-4-5-16-12/h1-3,6-7,12-13H,4-5,8H2. The van der Waals surface area contributed by atoms with Gasteiger partial charge >= 0.3 is 0 Å². The lowest BCUT2D eigenvalue weighted by Gasteiger charge is -2.23. The van der Waals surface area contributed by atoms with E-state index in [0.29, 0.717) is 0 Å². The average molecular weight is 215 g/mol. The molecule has 1 atom stereocenters. The molecule has 1 saturated heterocycles. The van der Waals surface area contributed by atoms with E-state index in [4.69, 9.17) is 4.74 Å². The minimum atomic E-state index is 0.104. The van der Waals surface area contributed by atoms with Gasteiger partial charge in [0.05, 0.1) is 23.7 Å². The first-order chi connectivity index (χ1) is 7.93. The Morgan fingerprint density at radius 1 is 1.31 bits per heavy atom. The molecule has 1 N–H and O–H groups in total. The first-order valence-electron chi connectivity index (χ1n) is 5.46. The van der Waals surface area contributed by atoms with Crippen LogP contribution in [0, 0.1) is 0 Å². The van der Waals surface area contributed by atoms with Crippen LogP contribution in [0.4, 0.5) is 0 Å². The van der Waals surface area contributed by atoms with Crippen LogP contribution in [0.1, 0.15) is 11.7 Å². The first kappa shape index (κ1) is 9.69. The molecular formula is C12H13N3O.